The molecule has 10 heteroatoms. The lowest BCUT2D eigenvalue weighted by molar-refractivity contribution is -0.142. The van der Waals surface area contributed by atoms with Crippen LogP contribution in [0.1, 0.15) is 108 Å². The van der Waals surface area contributed by atoms with Crippen molar-refractivity contribution in [2.45, 2.75) is 129 Å². The van der Waals surface area contributed by atoms with Gasteiger partial charge in [-0.05, 0) is 50.4 Å². The van der Waals surface area contributed by atoms with E-state index in [2.05, 4.69) is 10.3 Å². The van der Waals surface area contributed by atoms with Gasteiger partial charge in [-0.25, -0.2) is 4.98 Å². The molecule has 250 valence electrons. The molecule has 9 nitrogen and oxygen atoms in total. The quantitative estimate of drug-likeness (QED) is 0.242. The number of rotatable bonds is 16. The second-order valence-corrected chi connectivity index (χ2v) is 15.1. The Labute approximate surface area is 269 Å². The third kappa shape index (κ3) is 12.0. The Hall–Kier alpha value is -2.04. The fourth-order valence-electron chi connectivity index (χ4n) is 6.85. The minimum atomic E-state index is -1.10. The first-order valence-corrected chi connectivity index (χ1v) is 17.9. The van der Waals surface area contributed by atoms with Crippen molar-refractivity contribution >= 4 is 29.1 Å². The zero-order chi connectivity index (χ0) is 32.2. The van der Waals surface area contributed by atoms with Crippen LogP contribution in [0.3, 0.4) is 0 Å². The van der Waals surface area contributed by atoms with E-state index in [0.717, 1.165) is 62.1 Å². The van der Waals surface area contributed by atoms with Crippen LogP contribution in [0.2, 0.25) is 0 Å². The van der Waals surface area contributed by atoms with E-state index < -0.39 is 24.2 Å². The number of thiazole rings is 1. The van der Waals surface area contributed by atoms with Crippen molar-refractivity contribution in [3.05, 3.63) is 16.1 Å². The van der Waals surface area contributed by atoms with Crippen LogP contribution in [0, 0.1) is 30.6 Å². The molecule has 2 saturated carbocycles. The van der Waals surface area contributed by atoms with Crippen LogP contribution < -0.4 is 5.32 Å². The summed E-state index contributed by atoms with van der Waals surface area (Å²) in [4.78, 5) is 48.5. The molecule has 2 fully saturated rings. The Balaban J connectivity index is 1.82. The number of nitrogens with zero attached hydrogens (tertiary/aromatic N) is 3. The summed E-state index contributed by atoms with van der Waals surface area (Å²) in [5.74, 6) is -0.438. The third-order valence-electron chi connectivity index (χ3n) is 9.45. The van der Waals surface area contributed by atoms with E-state index in [-0.39, 0.29) is 36.6 Å². The molecule has 2 aliphatic rings. The molecule has 1 aromatic heterocycles. The van der Waals surface area contributed by atoms with Gasteiger partial charge in [-0.1, -0.05) is 65.2 Å². The van der Waals surface area contributed by atoms with Gasteiger partial charge in [-0.15, -0.1) is 11.3 Å². The van der Waals surface area contributed by atoms with Gasteiger partial charge in [-0.3, -0.25) is 14.4 Å². The highest BCUT2D eigenvalue weighted by Crippen LogP contribution is 2.30. The van der Waals surface area contributed by atoms with Gasteiger partial charge >= 0.3 is 0 Å². The van der Waals surface area contributed by atoms with Crippen molar-refractivity contribution < 1.29 is 24.6 Å². The number of carbonyl (C=O) groups excluding carboxylic acids is 3. The van der Waals surface area contributed by atoms with Gasteiger partial charge in [0.25, 0.3) is 0 Å². The monoisotopic (exact) mass is 634 g/mol. The Kier molecular flexibility index (Phi) is 15.1. The summed E-state index contributed by atoms with van der Waals surface area (Å²) in [5.41, 5.74) is 0.757. The molecule has 4 atom stereocenters. The molecule has 3 amide bonds. The van der Waals surface area contributed by atoms with Gasteiger partial charge in [0.05, 0.1) is 35.3 Å². The average Bonchev–Trinajstić information content (AvgIpc) is 3.40. The van der Waals surface area contributed by atoms with E-state index in [1.165, 1.54) is 29.1 Å². The summed E-state index contributed by atoms with van der Waals surface area (Å²) in [5, 5.41) is 28.1. The van der Waals surface area contributed by atoms with Crippen molar-refractivity contribution in [2.75, 3.05) is 27.2 Å². The lowest BCUT2D eigenvalue weighted by atomic mass is 9.82. The first kappa shape index (κ1) is 36.4. The topological polar surface area (TPSA) is 123 Å². The maximum Gasteiger partial charge on any atom is 0.241 e. The van der Waals surface area contributed by atoms with E-state index in [4.69, 9.17) is 0 Å². The minimum Gasteiger partial charge on any atom is -0.390 e. The lowest BCUT2D eigenvalue weighted by Gasteiger charge is -2.34. The van der Waals surface area contributed by atoms with E-state index in [1.807, 2.05) is 26.2 Å². The molecule has 1 heterocycles. The first-order valence-electron chi connectivity index (χ1n) is 17.0. The molecule has 0 aliphatic heterocycles. The first-order chi connectivity index (χ1) is 20.9. The molecule has 0 spiro atoms. The maximum absolute atomic E-state index is 14.1. The molecular weight excluding hydrogens is 576 g/mol. The summed E-state index contributed by atoms with van der Waals surface area (Å²) in [6, 6.07) is -0.609. The number of likely N-dealkylation sites (N-methyl/N-ethyl adjacent to an activating group) is 1. The lowest BCUT2D eigenvalue weighted by Crippen LogP contribution is -2.52. The normalized spacial score (nSPS) is 19.3. The van der Waals surface area contributed by atoms with Crippen LogP contribution in [-0.4, -0.2) is 88.2 Å². The van der Waals surface area contributed by atoms with Crippen LogP contribution in [0.5, 0.6) is 0 Å². The van der Waals surface area contributed by atoms with Crippen LogP contribution in [-0.2, 0) is 20.8 Å². The second-order valence-electron chi connectivity index (χ2n) is 14.1. The Morgan fingerprint density at radius 3 is 2.14 bits per heavy atom. The Morgan fingerprint density at radius 1 is 0.977 bits per heavy atom. The highest BCUT2D eigenvalue weighted by molar-refractivity contribution is 7.09. The molecule has 0 unspecified atom stereocenters. The fraction of sp³-hybridized carbons (Fsp3) is 0.824. The smallest absolute Gasteiger partial charge is 0.241 e. The molecule has 0 saturated heterocycles. The standard InChI is InChI=1S/C34H58N4O5S/c1-23(2)16-30(39)33(42)29(17-25-12-8-6-9-13-25)36-34(43)27(18-28-22-44-24(3)35-28)19-31(40)38(21-32(41)37(4)5)20-26-14-10-7-11-15-26/h22-23,25-27,29-30,33,39,42H,6-21H2,1-5H3,(H,36,43)/t27-,29+,30+,33-/m1/s1. The third-order valence-corrected chi connectivity index (χ3v) is 10.3. The van der Waals surface area contributed by atoms with Crippen molar-refractivity contribution in [3.8, 4) is 0 Å². The molecule has 3 N–H and O–H groups in total. The number of hydrogen-bond donors (Lipinski definition) is 3. The number of hydrogen-bond acceptors (Lipinski definition) is 7. The van der Waals surface area contributed by atoms with Gasteiger partial charge < -0.3 is 25.3 Å². The molecule has 1 aromatic rings. The largest absolute Gasteiger partial charge is 0.390 e. The summed E-state index contributed by atoms with van der Waals surface area (Å²) < 4.78 is 0. The zero-order valence-corrected chi connectivity index (χ0v) is 28.6. The number of aliphatic hydroxyl groups excluding tert-OH is 2. The van der Waals surface area contributed by atoms with E-state index in [0.29, 0.717) is 37.6 Å². The van der Waals surface area contributed by atoms with Crippen LogP contribution in [0.25, 0.3) is 0 Å². The van der Waals surface area contributed by atoms with Gasteiger partial charge in [-0.2, -0.15) is 0 Å². The van der Waals surface area contributed by atoms with Crippen LogP contribution in [0.15, 0.2) is 5.38 Å². The van der Waals surface area contributed by atoms with Crippen molar-refractivity contribution in [1.82, 2.24) is 20.1 Å². The summed E-state index contributed by atoms with van der Waals surface area (Å²) in [6.45, 7) is 6.44. The van der Waals surface area contributed by atoms with Crippen molar-refractivity contribution in [2.24, 2.45) is 23.7 Å². The van der Waals surface area contributed by atoms with Crippen LogP contribution >= 0.6 is 11.3 Å². The summed E-state index contributed by atoms with van der Waals surface area (Å²) in [6.07, 6.45) is 10.4. The second kappa shape index (κ2) is 18.2. The van der Waals surface area contributed by atoms with Crippen LogP contribution in [0.4, 0.5) is 0 Å². The number of nitrogens with one attached hydrogen (secondary N) is 1. The molecule has 0 bridgehead atoms. The summed E-state index contributed by atoms with van der Waals surface area (Å²) >= 11 is 1.51. The average molecular weight is 635 g/mol. The predicted octanol–water partition coefficient (Wildman–Crippen LogP) is 4.72. The number of aliphatic hydroxyl groups is 2. The molecular formula is C34H58N4O5S. The van der Waals surface area contributed by atoms with Crippen molar-refractivity contribution in [1.29, 1.82) is 0 Å². The maximum atomic E-state index is 14.1. The van der Waals surface area contributed by atoms with Gasteiger partial charge in [0, 0.05) is 38.9 Å². The summed E-state index contributed by atoms with van der Waals surface area (Å²) in [7, 11) is 3.38. The minimum absolute atomic E-state index is 0.00308. The highest BCUT2D eigenvalue weighted by Gasteiger charge is 2.35. The van der Waals surface area contributed by atoms with E-state index in [1.54, 1.807) is 19.0 Å². The SMILES string of the molecule is Cc1nc(C[C@H](CC(=O)N(CC(=O)N(C)C)CC2CCCCC2)C(=O)N[C@@H](CC2CCCCC2)[C@@H](O)[C@@H](O)CC(C)C)cs1. The molecule has 3 rings (SSSR count). The zero-order valence-electron chi connectivity index (χ0n) is 27.8. The molecule has 0 aromatic carbocycles. The number of aromatic nitrogens is 1. The van der Waals surface area contributed by atoms with E-state index >= 15 is 0 Å². The number of amides is 3. The van der Waals surface area contributed by atoms with Gasteiger partial charge in [0.1, 0.15) is 6.10 Å². The van der Waals surface area contributed by atoms with E-state index in [9.17, 15) is 24.6 Å². The number of aryl methyl sites for hydroxylation is 1. The van der Waals surface area contributed by atoms with Gasteiger partial charge in [0.15, 0.2) is 0 Å². The number of carbonyl (C=O) groups is 3. The molecule has 0 radical (unpaired) electrons. The predicted molar refractivity (Wildman–Crippen MR) is 175 cm³/mol. The molecule has 2 aliphatic carbocycles. The fourth-order valence-corrected chi connectivity index (χ4v) is 7.47. The Bertz CT molecular complexity index is 1030. The highest BCUT2D eigenvalue weighted by atomic mass is 32.1. The van der Waals surface area contributed by atoms with Crippen molar-refractivity contribution in [3.63, 3.8) is 0 Å². The van der Waals surface area contributed by atoms with Gasteiger partial charge in [0.2, 0.25) is 17.7 Å². The Morgan fingerprint density at radius 2 is 1.59 bits per heavy atom. The molecule has 44 heavy (non-hydrogen) atoms.